The fraction of sp³-hybridized carbons (Fsp3) is 0.188. The van der Waals surface area contributed by atoms with Gasteiger partial charge in [0.2, 0.25) is 0 Å². The Hall–Kier alpha value is -1.69. The Bertz CT molecular complexity index is 683. The van der Waals surface area contributed by atoms with E-state index >= 15 is 0 Å². The van der Waals surface area contributed by atoms with Crippen LogP contribution in [0.25, 0.3) is 0 Å². The first kappa shape index (κ1) is 17.7. The molecule has 0 radical (unpaired) electrons. The molecule has 23 heavy (non-hydrogen) atoms. The number of rotatable bonds is 6. The van der Waals surface area contributed by atoms with Crippen LogP contribution in [0, 0.1) is 0 Å². The van der Waals surface area contributed by atoms with E-state index in [1.54, 1.807) is 25.3 Å². The lowest BCUT2D eigenvalue weighted by atomic mass is 10.3. The van der Waals surface area contributed by atoms with Crippen LogP contribution in [0.2, 0.25) is 10.0 Å². The number of ether oxygens (including phenoxy) is 2. The number of anilines is 1. The van der Waals surface area contributed by atoms with Gasteiger partial charge >= 0.3 is 0 Å². The number of thiocarbonyl (C=S) groups is 1. The summed E-state index contributed by atoms with van der Waals surface area (Å²) in [6.07, 6.45) is 0. The molecular formula is C16H16Cl2N2O2S. The van der Waals surface area contributed by atoms with Crippen LogP contribution in [0.15, 0.2) is 42.5 Å². The molecule has 0 aliphatic carbocycles. The van der Waals surface area contributed by atoms with Crippen molar-refractivity contribution in [2.24, 2.45) is 0 Å². The third-order valence-electron chi connectivity index (χ3n) is 2.89. The highest BCUT2D eigenvalue weighted by atomic mass is 35.5. The summed E-state index contributed by atoms with van der Waals surface area (Å²) in [6.45, 7) is 0.978. The molecule has 0 amide bonds. The highest BCUT2D eigenvalue weighted by molar-refractivity contribution is 7.80. The Balaban J connectivity index is 1.76. The van der Waals surface area contributed by atoms with Crippen molar-refractivity contribution in [3.8, 4) is 11.5 Å². The van der Waals surface area contributed by atoms with Crippen LogP contribution < -0.4 is 20.1 Å². The lowest BCUT2D eigenvalue weighted by Crippen LogP contribution is -2.32. The Labute approximate surface area is 150 Å². The van der Waals surface area contributed by atoms with E-state index in [-0.39, 0.29) is 0 Å². The van der Waals surface area contributed by atoms with Gasteiger partial charge in [-0.25, -0.2) is 0 Å². The van der Waals surface area contributed by atoms with E-state index in [1.165, 1.54) is 0 Å². The molecule has 4 nitrogen and oxygen atoms in total. The highest BCUT2D eigenvalue weighted by Gasteiger charge is 2.04. The topological polar surface area (TPSA) is 42.5 Å². The molecule has 0 saturated heterocycles. The first-order valence-electron chi connectivity index (χ1n) is 6.86. The number of benzene rings is 2. The summed E-state index contributed by atoms with van der Waals surface area (Å²) in [4.78, 5) is 0. The minimum absolute atomic E-state index is 0.441. The van der Waals surface area contributed by atoms with Gasteiger partial charge in [-0.1, -0.05) is 35.3 Å². The van der Waals surface area contributed by atoms with Gasteiger partial charge in [-0.2, -0.15) is 0 Å². The van der Waals surface area contributed by atoms with Crippen molar-refractivity contribution in [1.82, 2.24) is 5.32 Å². The van der Waals surface area contributed by atoms with Crippen LogP contribution in [0.3, 0.4) is 0 Å². The number of methoxy groups -OCH3 is 1. The lowest BCUT2D eigenvalue weighted by molar-refractivity contribution is 0.298. The zero-order valence-electron chi connectivity index (χ0n) is 12.4. The minimum Gasteiger partial charge on any atom is -0.493 e. The molecule has 0 unspecified atom stereocenters. The zero-order valence-corrected chi connectivity index (χ0v) is 14.8. The van der Waals surface area contributed by atoms with E-state index in [0.29, 0.717) is 45.5 Å². The maximum Gasteiger partial charge on any atom is 0.170 e. The smallest absolute Gasteiger partial charge is 0.170 e. The van der Waals surface area contributed by atoms with Crippen LogP contribution in [0.4, 0.5) is 5.69 Å². The van der Waals surface area contributed by atoms with Gasteiger partial charge in [0, 0.05) is 5.02 Å². The van der Waals surface area contributed by atoms with Crippen molar-refractivity contribution in [3.05, 3.63) is 52.5 Å². The van der Waals surface area contributed by atoms with Crippen LogP contribution in [-0.4, -0.2) is 25.4 Å². The average Bonchev–Trinajstić information content (AvgIpc) is 2.54. The number of hydrogen-bond donors (Lipinski definition) is 2. The van der Waals surface area contributed by atoms with Crippen molar-refractivity contribution >= 4 is 46.2 Å². The second kappa shape index (κ2) is 8.82. The van der Waals surface area contributed by atoms with Crippen LogP contribution in [-0.2, 0) is 0 Å². The summed E-state index contributed by atoms with van der Waals surface area (Å²) < 4.78 is 10.9. The van der Waals surface area contributed by atoms with Gasteiger partial charge in [0.15, 0.2) is 16.6 Å². The molecule has 0 fully saturated rings. The number of halogens is 2. The second-order valence-corrected chi connectivity index (χ2v) is 5.76. The van der Waals surface area contributed by atoms with Gasteiger partial charge in [0.25, 0.3) is 0 Å². The van der Waals surface area contributed by atoms with Gasteiger partial charge < -0.3 is 20.1 Å². The first-order valence-corrected chi connectivity index (χ1v) is 8.02. The Morgan fingerprint density at radius 3 is 2.57 bits per heavy atom. The number of nitrogens with one attached hydrogen (secondary N) is 2. The fourth-order valence-electron chi connectivity index (χ4n) is 1.82. The predicted molar refractivity (Wildman–Crippen MR) is 99.2 cm³/mol. The summed E-state index contributed by atoms with van der Waals surface area (Å²) in [5.74, 6) is 1.39. The molecule has 0 heterocycles. The quantitative estimate of drug-likeness (QED) is 0.583. The molecule has 2 aromatic rings. The van der Waals surface area contributed by atoms with Gasteiger partial charge in [-0.05, 0) is 42.5 Å². The summed E-state index contributed by atoms with van der Waals surface area (Å²) in [5.41, 5.74) is 0.694. The number of para-hydroxylation sites is 2. The number of hydrogen-bond acceptors (Lipinski definition) is 3. The Morgan fingerprint density at radius 1 is 1.13 bits per heavy atom. The molecule has 0 spiro atoms. The molecule has 0 aliphatic rings. The SMILES string of the molecule is COc1ccccc1OCCNC(=S)Nc1ccc(Cl)cc1Cl. The molecule has 7 heteroatoms. The minimum atomic E-state index is 0.441. The second-order valence-electron chi connectivity index (χ2n) is 4.50. The molecule has 122 valence electrons. The normalized spacial score (nSPS) is 10.0. The molecule has 0 bridgehead atoms. The zero-order chi connectivity index (χ0) is 16.7. The van der Waals surface area contributed by atoms with Gasteiger partial charge in [0.05, 0.1) is 24.4 Å². The van der Waals surface area contributed by atoms with Crippen molar-refractivity contribution in [2.45, 2.75) is 0 Å². The Kier molecular flexibility index (Phi) is 6.77. The van der Waals surface area contributed by atoms with Crippen molar-refractivity contribution in [2.75, 3.05) is 25.6 Å². The van der Waals surface area contributed by atoms with Crippen molar-refractivity contribution < 1.29 is 9.47 Å². The average molecular weight is 371 g/mol. The van der Waals surface area contributed by atoms with Crippen molar-refractivity contribution in [1.29, 1.82) is 0 Å². The monoisotopic (exact) mass is 370 g/mol. The van der Waals surface area contributed by atoms with Crippen LogP contribution in [0.5, 0.6) is 11.5 Å². The van der Waals surface area contributed by atoms with E-state index in [2.05, 4.69) is 10.6 Å². The van der Waals surface area contributed by atoms with E-state index in [0.717, 1.165) is 0 Å². The highest BCUT2D eigenvalue weighted by Crippen LogP contribution is 2.26. The van der Waals surface area contributed by atoms with Crippen LogP contribution >= 0.6 is 35.4 Å². The van der Waals surface area contributed by atoms with E-state index in [1.807, 2.05) is 24.3 Å². The molecule has 0 saturated carbocycles. The molecule has 2 aromatic carbocycles. The predicted octanol–water partition coefficient (Wildman–Crippen LogP) is 4.37. The lowest BCUT2D eigenvalue weighted by Gasteiger charge is -2.13. The maximum atomic E-state index is 6.08. The molecule has 0 aliphatic heterocycles. The molecule has 2 N–H and O–H groups in total. The van der Waals surface area contributed by atoms with Crippen LogP contribution in [0.1, 0.15) is 0 Å². The molecule has 2 rings (SSSR count). The largest absolute Gasteiger partial charge is 0.493 e. The summed E-state index contributed by atoms with van der Waals surface area (Å²) in [5, 5.41) is 7.59. The van der Waals surface area contributed by atoms with E-state index in [9.17, 15) is 0 Å². The maximum absolute atomic E-state index is 6.08. The van der Waals surface area contributed by atoms with Gasteiger partial charge in [0.1, 0.15) is 6.61 Å². The molecular weight excluding hydrogens is 355 g/mol. The van der Waals surface area contributed by atoms with Gasteiger partial charge in [-0.15, -0.1) is 0 Å². The third kappa shape index (κ3) is 5.46. The first-order chi connectivity index (χ1) is 11.1. The standard InChI is InChI=1S/C16H16Cl2N2O2S/c1-21-14-4-2-3-5-15(14)22-9-8-19-16(23)20-13-7-6-11(17)10-12(13)18/h2-7,10H,8-9H2,1H3,(H2,19,20,23). The van der Waals surface area contributed by atoms with E-state index in [4.69, 9.17) is 44.9 Å². The summed E-state index contributed by atoms with van der Waals surface area (Å²) >= 11 is 17.1. The van der Waals surface area contributed by atoms with Gasteiger partial charge in [-0.3, -0.25) is 0 Å². The third-order valence-corrected chi connectivity index (χ3v) is 3.69. The molecule has 0 aromatic heterocycles. The van der Waals surface area contributed by atoms with Crippen molar-refractivity contribution in [3.63, 3.8) is 0 Å². The fourth-order valence-corrected chi connectivity index (χ4v) is 2.49. The molecule has 0 atom stereocenters. The summed E-state index contributed by atoms with van der Waals surface area (Å²) in [6, 6.07) is 12.6. The Morgan fingerprint density at radius 2 is 1.87 bits per heavy atom. The van der Waals surface area contributed by atoms with E-state index < -0.39 is 0 Å². The summed E-state index contributed by atoms with van der Waals surface area (Å²) in [7, 11) is 1.61.